The van der Waals surface area contributed by atoms with E-state index in [-0.39, 0.29) is 12.4 Å². The molecule has 0 unspecified atom stereocenters. The third-order valence-electron chi connectivity index (χ3n) is 5.12. The molecule has 1 saturated heterocycles. The fraction of sp³-hybridized carbons (Fsp3) is 0.400. The Morgan fingerprint density at radius 2 is 1.59 bits per heavy atom. The maximum absolute atomic E-state index is 13.4. The van der Waals surface area contributed by atoms with Gasteiger partial charge in [-0.2, -0.15) is 0 Å². The van der Waals surface area contributed by atoms with Crippen molar-refractivity contribution in [2.24, 2.45) is 0 Å². The molecule has 7 heteroatoms. The smallest absolute Gasteiger partial charge is 0.494 e. The van der Waals surface area contributed by atoms with E-state index in [1.807, 2.05) is 45.9 Å². The molecule has 1 aliphatic heterocycles. The Morgan fingerprint density at radius 3 is 2.19 bits per heavy atom. The van der Waals surface area contributed by atoms with Crippen molar-refractivity contribution >= 4 is 12.6 Å². The van der Waals surface area contributed by atoms with Gasteiger partial charge in [-0.3, -0.25) is 0 Å². The standard InChI is InChI=1S/C20H23BF2O4/c1-19(2)20(3,4)27-21(26-19)14-6-9-18(24-5)13(10-14)12-25-15-7-8-16(22)17(23)11-15/h6-11H,12H2,1-5H3. The van der Waals surface area contributed by atoms with Gasteiger partial charge in [-0.15, -0.1) is 0 Å². The minimum atomic E-state index is -0.953. The van der Waals surface area contributed by atoms with Crippen LogP contribution in [0.5, 0.6) is 11.5 Å². The zero-order valence-corrected chi connectivity index (χ0v) is 16.1. The van der Waals surface area contributed by atoms with E-state index in [0.717, 1.165) is 23.2 Å². The van der Waals surface area contributed by atoms with Crippen LogP contribution in [0.15, 0.2) is 36.4 Å². The van der Waals surface area contributed by atoms with E-state index >= 15 is 0 Å². The molecule has 0 aromatic heterocycles. The lowest BCUT2D eigenvalue weighted by molar-refractivity contribution is 0.00578. The number of hydrogen-bond acceptors (Lipinski definition) is 4. The molecule has 0 aliphatic carbocycles. The van der Waals surface area contributed by atoms with E-state index in [4.69, 9.17) is 18.8 Å². The van der Waals surface area contributed by atoms with Gasteiger partial charge in [0.15, 0.2) is 11.6 Å². The third kappa shape index (κ3) is 3.94. The SMILES string of the molecule is COc1ccc(B2OC(C)(C)C(C)(C)O2)cc1COc1ccc(F)c(F)c1. The van der Waals surface area contributed by atoms with Crippen LogP contribution in [0.2, 0.25) is 0 Å². The molecule has 1 aliphatic rings. The Kier molecular flexibility index (Phi) is 5.19. The first-order valence-corrected chi connectivity index (χ1v) is 8.73. The van der Waals surface area contributed by atoms with Gasteiger partial charge in [-0.25, -0.2) is 8.78 Å². The van der Waals surface area contributed by atoms with Crippen LogP contribution in [0.3, 0.4) is 0 Å². The lowest BCUT2D eigenvalue weighted by atomic mass is 9.78. The second-order valence-electron chi connectivity index (χ2n) is 7.52. The van der Waals surface area contributed by atoms with E-state index in [9.17, 15) is 8.78 Å². The molecule has 0 radical (unpaired) electrons. The summed E-state index contributed by atoms with van der Waals surface area (Å²) in [6.07, 6.45) is 0. The van der Waals surface area contributed by atoms with E-state index in [0.29, 0.717) is 5.75 Å². The van der Waals surface area contributed by atoms with Crippen molar-refractivity contribution in [3.63, 3.8) is 0 Å². The van der Waals surface area contributed by atoms with Crippen molar-refractivity contribution in [3.8, 4) is 11.5 Å². The van der Waals surface area contributed by atoms with Gasteiger partial charge in [0.1, 0.15) is 18.1 Å². The molecule has 27 heavy (non-hydrogen) atoms. The van der Waals surface area contributed by atoms with Gasteiger partial charge in [-0.05, 0) is 51.4 Å². The lowest BCUT2D eigenvalue weighted by Crippen LogP contribution is -2.41. The Hall–Kier alpha value is -2.12. The monoisotopic (exact) mass is 376 g/mol. The molecular weight excluding hydrogens is 353 g/mol. The molecule has 0 saturated carbocycles. The lowest BCUT2D eigenvalue weighted by Gasteiger charge is -2.32. The van der Waals surface area contributed by atoms with Crippen LogP contribution >= 0.6 is 0 Å². The zero-order valence-electron chi connectivity index (χ0n) is 16.1. The maximum atomic E-state index is 13.4. The van der Waals surface area contributed by atoms with Gasteiger partial charge in [0.05, 0.1) is 18.3 Å². The molecule has 1 fully saturated rings. The second kappa shape index (κ2) is 7.13. The number of hydrogen-bond donors (Lipinski definition) is 0. The van der Waals surface area contributed by atoms with Gasteiger partial charge in [0.25, 0.3) is 0 Å². The number of ether oxygens (including phenoxy) is 2. The molecule has 3 rings (SSSR count). The Balaban J connectivity index is 1.81. The zero-order chi connectivity index (χ0) is 19.8. The summed E-state index contributed by atoms with van der Waals surface area (Å²) in [5.74, 6) is -1.01. The summed E-state index contributed by atoms with van der Waals surface area (Å²) in [5, 5.41) is 0. The highest BCUT2D eigenvalue weighted by Crippen LogP contribution is 2.36. The summed E-state index contributed by atoms with van der Waals surface area (Å²) in [4.78, 5) is 0. The van der Waals surface area contributed by atoms with Crippen molar-refractivity contribution in [3.05, 3.63) is 53.6 Å². The first kappa shape index (κ1) is 19.6. The third-order valence-corrected chi connectivity index (χ3v) is 5.12. The second-order valence-corrected chi connectivity index (χ2v) is 7.52. The van der Waals surface area contributed by atoms with Gasteiger partial charge < -0.3 is 18.8 Å². The van der Waals surface area contributed by atoms with Gasteiger partial charge >= 0.3 is 7.12 Å². The molecular formula is C20H23BF2O4. The minimum absolute atomic E-state index is 0.127. The summed E-state index contributed by atoms with van der Waals surface area (Å²) in [6, 6.07) is 8.98. The average Bonchev–Trinajstić information content (AvgIpc) is 2.83. The predicted octanol–water partition coefficient (Wildman–Crippen LogP) is 3.85. The van der Waals surface area contributed by atoms with E-state index < -0.39 is 30.0 Å². The van der Waals surface area contributed by atoms with Crippen molar-refractivity contribution in [2.75, 3.05) is 7.11 Å². The first-order chi connectivity index (χ1) is 12.6. The van der Waals surface area contributed by atoms with E-state index in [1.165, 1.54) is 6.07 Å². The van der Waals surface area contributed by atoms with Gasteiger partial charge in [0.2, 0.25) is 0 Å². The fourth-order valence-electron chi connectivity index (χ4n) is 2.76. The number of halogens is 2. The van der Waals surface area contributed by atoms with E-state index in [1.54, 1.807) is 7.11 Å². The molecule has 0 atom stereocenters. The molecule has 0 spiro atoms. The Labute approximate surface area is 158 Å². The highest BCUT2D eigenvalue weighted by molar-refractivity contribution is 6.62. The summed E-state index contributed by atoms with van der Waals surface area (Å²) in [5.41, 5.74) is 0.688. The summed E-state index contributed by atoms with van der Waals surface area (Å²) >= 11 is 0. The molecule has 2 aromatic rings. The first-order valence-electron chi connectivity index (χ1n) is 8.73. The van der Waals surface area contributed by atoms with Crippen molar-refractivity contribution in [1.82, 2.24) is 0 Å². The summed E-state index contributed by atoms with van der Waals surface area (Å²) < 4.78 is 49.5. The van der Waals surface area contributed by atoms with Crippen LogP contribution in [0.25, 0.3) is 0 Å². The highest BCUT2D eigenvalue weighted by Gasteiger charge is 2.51. The number of benzene rings is 2. The van der Waals surface area contributed by atoms with Crippen molar-refractivity contribution < 1.29 is 27.6 Å². The number of methoxy groups -OCH3 is 1. The molecule has 0 bridgehead atoms. The average molecular weight is 376 g/mol. The summed E-state index contributed by atoms with van der Waals surface area (Å²) in [7, 11) is 1.05. The van der Waals surface area contributed by atoms with Gasteiger partial charge in [0, 0.05) is 11.6 Å². The predicted molar refractivity (Wildman–Crippen MR) is 99.4 cm³/mol. The highest BCUT2D eigenvalue weighted by atomic mass is 19.2. The van der Waals surface area contributed by atoms with Crippen LogP contribution in [0.1, 0.15) is 33.3 Å². The maximum Gasteiger partial charge on any atom is 0.494 e. The van der Waals surface area contributed by atoms with Crippen LogP contribution in [0, 0.1) is 11.6 Å². The molecule has 144 valence electrons. The largest absolute Gasteiger partial charge is 0.496 e. The minimum Gasteiger partial charge on any atom is -0.496 e. The topological polar surface area (TPSA) is 36.9 Å². The fourth-order valence-corrected chi connectivity index (χ4v) is 2.76. The Morgan fingerprint density at radius 1 is 0.926 bits per heavy atom. The quantitative estimate of drug-likeness (QED) is 0.743. The van der Waals surface area contributed by atoms with Crippen molar-refractivity contribution in [1.29, 1.82) is 0 Å². The molecule has 4 nitrogen and oxygen atoms in total. The van der Waals surface area contributed by atoms with Crippen molar-refractivity contribution in [2.45, 2.75) is 45.5 Å². The van der Waals surface area contributed by atoms with Crippen LogP contribution in [-0.2, 0) is 15.9 Å². The normalized spacial score (nSPS) is 17.8. The van der Waals surface area contributed by atoms with Gasteiger partial charge in [-0.1, -0.05) is 12.1 Å². The molecule has 0 N–H and O–H groups in total. The van der Waals surface area contributed by atoms with E-state index in [2.05, 4.69) is 0 Å². The van der Waals surface area contributed by atoms with Crippen LogP contribution in [-0.4, -0.2) is 25.4 Å². The molecule has 0 amide bonds. The Bertz CT molecular complexity index is 823. The van der Waals surface area contributed by atoms with Crippen LogP contribution in [0.4, 0.5) is 8.78 Å². The summed E-state index contributed by atoms with van der Waals surface area (Å²) in [6.45, 7) is 8.09. The molecule has 2 aromatic carbocycles. The number of rotatable bonds is 5. The molecule has 1 heterocycles. The van der Waals surface area contributed by atoms with Crippen LogP contribution < -0.4 is 14.9 Å².